The van der Waals surface area contributed by atoms with Gasteiger partial charge in [0.1, 0.15) is 10.6 Å². The number of carbonyl (C=O) groups is 1. The second kappa shape index (κ2) is 7.21. The van der Waals surface area contributed by atoms with Crippen molar-refractivity contribution in [2.45, 2.75) is 36.6 Å². The van der Waals surface area contributed by atoms with Gasteiger partial charge in [0.05, 0.1) is 0 Å². The van der Waals surface area contributed by atoms with Gasteiger partial charge in [-0.1, -0.05) is 0 Å². The summed E-state index contributed by atoms with van der Waals surface area (Å²) in [6.45, 7) is 1.69. The molecule has 1 aliphatic carbocycles. The minimum Gasteiger partial charge on any atom is -0.356 e. The fraction of sp³-hybridized carbons (Fsp3) is 0.643. The van der Waals surface area contributed by atoms with Gasteiger partial charge in [0.25, 0.3) is 5.91 Å². The van der Waals surface area contributed by atoms with Crippen molar-refractivity contribution >= 4 is 28.3 Å². The summed E-state index contributed by atoms with van der Waals surface area (Å²) in [6, 6.07) is 1.26. The maximum atomic E-state index is 12.2. The first-order valence-corrected chi connectivity index (χ1v) is 9.18. The summed E-state index contributed by atoms with van der Waals surface area (Å²) >= 11 is 0. The summed E-state index contributed by atoms with van der Waals surface area (Å²) in [4.78, 5) is 16.8. The molecule has 0 aromatic carbocycles. The lowest BCUT2D eigenvalue weighted by atomic mass is 10.2. The van der Waals surface area contributed by atoms with Crippen molar-refractivity contribution < 1.29 is 13.2 Å². The van der Waals surface area contributed by atoms with Crippen LogP contribution in [0.4, 0.5) is 0 Å². The zero-order valence-corrected chi connectivity index (χ0v) is 14.5. The molecule has 23 heavy (non-hydrogen) atoms. The quantitative estimate of drug-likeness (QED) is 0.691. The molecule has 4 N–H and O–H groups in total. The Hall–Kier alpha value is -1.09. The minimum absolute atomic E-state index is 0. The van der Waals surface area contributed by atoms with Crippen molar-refractivity contribution in [3.05, 3.63) is 18.0 Å². The molecule has 1 aromatic rings. The molecule has 7 nitrogen and oxygen atoms in total. The zero-order chi connectivity index (χ0) is 15.7. The van der Waals surface area contributed by atoms with Crippen molar-refractivity contribution in [3.8, 4) is 0 Å². The van der Waals surface area contributed by atoms with Crippen LogP contribution in [0.25, 0.3) is 0 Å². The molecule has 0 spiro atoms. The molecule has 2 fully saturated rings. The van der Waals surface area contributed by atoms with E-state index in [-0.39, 0.29) is 35.8 Å². The van der Waals surface area contributed by atoms with E-state index >= 15 is 0 Å². The topological polar surface area (TPSA) is 108 Å². The number of aromatic nitrogens is 1. The van der Waals surface area contributed by atoms with E-state index in [1.165, 1.54) is 12.3 Å². The van der Waals surface area contributed by atoms with E-state index in [2.05, 4.69) is 9.71 Å². The van der Waals surface area contributed by atoms with Gasteiger partial charge < -0.3 is 15.6 Å². The lowest BCUT2D eigenvalue weighted by Gasteiger charge is -2.13. The largest absolute Gasteiger partial charge is 0.356 e. The van der Waals surface area contributed by atoms with Gasteiger partial charge in [-0.15, -0.1) is 12.4 Å². The van der Waals surface area contributed by atoms with Crippen molar-refractivity contribution in [1.29, 1.82) is 0 Å². The first-order valence-electron chi connectivity index (χ1n) is 7.70. The monoisotopic (exact) mass is 362 g/mol. The maximum Gasteiger partial charge on any atom is 0.270 e. The van der Waals surface area contributed by atoms with Gasteiger partial charge in [0, 0.05) is 31.9 Å². The number of H-pyrrole nitrogens is 1. The maximum absolute atomic E-state index is 12.2. The number of hydrogen-bond donors (Lipinski definition) is 3. The molecular formula is C14H23ClN4O3S. The minimum atomic E-state index is -3.63. The molecule has 2 aliphatic rings. The number of nitrogens with two attached hydrogens (primary N) is 1. The van der Waals surface area contributed by atoms with Crippen LogP contribution in [0.15, 0.2) is 17.2 Å². The molecule has 2 heterocycles. The number of amides is 1. The van der Waals surface area contributed by atoms with Crippen LogP contribution in [0.5, 0.6) is 0 Å². The van der Waals surface area contributed by atoms with Gasteiger partial charge in [0.2, 0.25) is 10.0 Å². The summed E-state index contributed by atoms with van der Waals surface area (Å²) in [6.07, 6.45) is 5.49. The summed E-state index contributed by atoms with van der Waals surface area (Å²) < 4.78 is 27.0. The fourth-order valence-electron chi connectivity index (χ4n) is 2.72. The number of halogens is 1. The number of carbonyl (C=O) groups excluding carboxylic acids is 1. The van der Waals surface area contributed by atoms with E-state index in [0.717, 1.165) is 38.8 Å². The highest BCUT2D eigenvalue weighted by atomic mass is 35.5. The third kappa shape index (κ3) is 4.26. The lowest BCUT2D eigenvalue weighted by Crippen LogP contribution is -2.38. The standard InChI is InChI=1S/C14H22N4O3S.ClH/c15-12(10-3-4-10)9-17-22(20,21)11-7-13(16-8-11)14(19)18-5-1-2-6-18;/h7-8,10,12,16-17H,1-6,9,15H2;1H. The molecule has 0 radical (unpaired) electrons. The van der Waals surface area contributed by atoms with E-state index in [1.54, 1.807) is 4.90 Å². The van der Waals surface area contributed by atoms with E-state index in [0.29, 0.717) is 11.6 Å². The molecule has 1 atom stereocenters. The molecule has 3 rings (SSSR count). The van der Waals surface area contributed by atoms with Gasteiger partial charge in [0.15, 0.2) is 0 Å². The van der Waals surface area contributed by atoms with E-state index in [1.807, 2.05) is 0 Å². The van der Waals surface area contributed by atoms with Crippen LogP contribution in [0.2, 0.25) is 0 Å². The van der Waals surface area contributed by atoms with Crippen molar-refractivity contribution in [2.75, 3.05) is 19.6 Å². The molecule has 1 unspecified atom stereocenters. The molecule has 1 saturated heterocycles. The van der Waals surface area contributed by atoms with Crippen LogP contribution in [-0.2, 0) is 10.0 Å². The van der Waals surface area contributed by atoms with E-state index in [4.69, 9.17) is 5.73 Å². The Morgan fingerprint density at radius 3 is 2.65 bits per heavy atom. The molecule has 1 aliphatic heterocycles. The average molecular weight is 363 g/mol. The van der Waals surface area contributed by atoms with Crippen molar-refractivity contribution in [2.24, 2.45) is 11.7 Å². The summed E-state index contributed by atoms with van der Waals surface area (Å²) in [5.41, 5.74) is 6.22. The number of rotatable bonds is 6. The fourth-order valence-corrected chi connectivity index (χ4v) is 3.79. The van der Waals surface area contributed by atoms with Crippen LogP contribution >= 0.6 is 12.4 Å². The molecule has 9 heteroatoms. The van der Waals surface area contributed by atoms with E-state index < -0.39 is 10.0 Å². The molecule has 1 aromatic heterocycles. The van der Waals surface area contributed by atoms with Crippen molar-refractivity contribution in [3.63, 3.8) is 0 Å². The van der Waals surface area contributed by atoms with Gasteiger partial charge in [-0.25, -0.2) is 13.1 Å². The van der Waals surface area contributed by atoms with Gasteiger partial charge >= 0.3 is 0 Å². The van der Waals surface area contributed by atoms with Crippen LogP contribution in [-0.4, -0.2) is 49.9 Å². The Morgan fingerprint density at radius 2 is 2.04 bits per heavy atom. The van der Waals surface area contributed by atoms with Crippen LogP contribution < -0.4 is 10.5 Å². The number of likely N-dealkylation sites (tertiary alicyclic amines) is 1. The van der Waals surface area contributed by atoms with Crippen molar-refractivity contribution in [1.82, 2.24) is 14.6 Å². The van der Waals surface area contributed by atoms with Crippen LogP contribution in [0.1, 0.15) is 36.2 Å². The van der Waals surface area contributed by atoms with Gasteiger partial charge in [-0.05, 0) is 37.7 Å². The van der Waals surface area contributed by atoms with Gasteiger partial charge in [-0.2, -0.15) is 0 Å². The Bertz CT molecular complexity index is 651. The Kier molecular flexibility index (Phi) is 5.72. The average Bonchev–Trinajstić information content (AvgIpc) is 3.02. The summed E-state index contributed by atoms with van der Waals surface area (Å²) in [5, 5.41) is 0. The first-order chi connectivity index (χ1) is 10.5. The molecule has 130 valence electrons. The molecule has 1 amide bonds. The predicted molar refractivity (Wildman–Crippen MR) is 89.1 cm³/mol. The number of nitrogens with one attached hydrogen (secondary N) is 2. The first kappa shape index (κ1) is 18.3. The molecule has 1 saturated carbocycles. The normalized spacial score (nSPS) is 19.4. The highest BCUT2D eigenvalue weighted by Gasteiger charge is 2.30. The summed E-state index contributed by atoms with van der Waals surface area (Å²) in [5.74, 6) is 0.287. The number of aromatic amines is 1. The number of sulfonamides is 1. The predicted octanol–water partition coefficient (Wildman–Crippen LogP) is 0.688. The third-order valence-corrected chi connectivity index (χ3v) is 5.73. The highest BCUT2D eigenvalue weighted by Crippen LogP contribution is 2.31. The third-order valence-electron chi connectivity index (χ3n) is 4.33. The second-order valence-corrected chi connectivity index (χ2v) is 7.87. The van der Waals surface area contributed by atoms with Crippen LogP contribution in [0.3, 0.4) is 0 Å². The molecular weight excluding hydrogens is 340 g/mol. The Labute approximate surface area is 142 Å². The van der Waals surface area contributed by atoms with Gasteiger partial charge in [-0.3, -0.25) is 4.79 Å². The Balaban J connectivity index is 0.00000192. The smallest absolute Gasteiger partial charge is 0.270 e. The highest BCUT2D eigenvalue weighted by molar-refractivity contribution is 7.89. The lowest BCUT2D eigenvalue weighted by molar-refractivity contribution is 0.0787. The zero-order valence-electron chi connectivity index (χ0n) is 12.8. The SMILES string of the molecule is Cl.NC(CNS(=O)(=O)c1c[nH]c(C(=O)N2CCCC2)c1)C1CC1. The second-order valence-electron chi connectivity index (χ2n) is 6.10. The van der Waals surface area contributed by atoms with E-state index in [9.17, 15) is 13.2 Å². The number of hydrogen-bond acceptors (Lipinski definition) is 4. The summed E-state index contributed by atoms with van der Waals surface area (Å²) in [7, 11) is -3.63. The molecule has 0 bridgehead atoms. The van der Waals surface area contributed by atoms with Crippen LogP contribution in [0, 0.1) is 5.92 Å². The Morgan fingerprint density at radius 1 is 1.39 bits per heavy atom. The number of nitrogens with zero attached hydrogens (tertiary/aromatic N) is 1.